The van der Waals surface area contributed by atoms with Crippen LogP contribution < -0.4 is 15.4 Å². The largest absolute Gasteiger partial charge is 0.496 e. The van der Waals surface area contributed by atoms with Gasteiger partial charge in [0, 0.05) is 43.7 Å². The van der Waals surface area contributed by atoms with Crippen LogP contribution in [0.3, 0.4) is 0 Å². The Hall–Kier alpha value is -3.55. The van der Waals surface area contributed by atoms with Crippen molar-refractivity contribution in [1.29, 1.82) is 0 Å². The number of ketones is 1. The number of nitrogens with one attached hydrogen (secondary N) is 2. The molecule has 2 saturated heterocycles. The smallest absolute Gasteiger partial charge is 0.404 e. The van der Waals surface area contributed by atoms with E-state index in [1.165, 1.54) is 18.4 Å². The summed E-state index contributed by atoms with van der Waals surface area (Å²) in [6.45, 7) is 11.7. The summed E-state index contributed by atoms with van der Waals surface area (Å²) >= 11 is 1.36. The van der Waals surface area contributed by atoms with Gasteiger partial charge < -0.3 is 30.1 Å². The number of aromatic nitrogens is 1. The van der Waals surface area contributed by atoms with Crippen molar-refractivity contribution in [2.75, 3.05) is 33.4 Å². The van der Waals surface area contributed by atoms with Crippen molar-refractivity contribution in [2.24, 2.45) is 17.3 Å². The van der Waals surface area contributed by atoms with Gasteiger partial charge in [-0.1, -0.05) is 59.1 Å². The molecule has 2 aliphatic heterocycles. The van der Waals surface area contributed by atoms with Gasteiger partial charge in [0.2, 0.25) is 17.6 Å². The number of rotatable bonds is 12. The van der Waals surface area contributed by atoms with E-state index in [1.807, 2.05) is 38.7 Å². The quantitative estimate of drug-likeness (QED) is 0.255. The van der Waals surface area contributed by atoms with Crippen molar-refractivity contribution in [3.63, 3.8) is 0 Å². The van der Waals surface area contributed by atoms with Crippen molar-refractivity contribution in [3.05, 3.63) is 45.9 Å². The summed E-state index contributed by atoms with van der Waals surface area (Å²) in [6.07, 6.45) is 4.33. The number of carboxylic acid groups (broad SMARTS) is 1. The van der Waals surface area contributed by atoms with Crippen molar-refractivity contribution >= 4 is 35.0 Å². The number of hydrogen-bond donors (Lipinski definition) is 3. The topological polar surface area (TPSA) is 150 Å². The molecule has 13 heteroatoms. The van der Waals surface area contributed by atoms with E-state index in [-0.39, 0.29) is 35.7 Å². The maximum atomic E-state index is 15.0. The fraction of sp³-hybridized carbons (Fsp3) is 0.649. The Morgan fingerprint density at radius 3 is 2.44 bits per heavy atom. The van der Waals surface area contributed by atoms with Crippen LogP contribution in [0.1, 0.15) is 100 Å². The fourth-order valence-electron chi connectivity index (χ4n) is 8.04. The Kier molecular flexibility index (Phi) is 12.2. The Morgan fingerprint density at radius 2 is 1.78 bits per heavy atom. The molecular formula is C37H53N5O7S. The van der Waals surface area contributed by atoms with E-state index in [2.05, 4.69) is 15.5 Å². The molecule has 0 bridgehead atoms. The van der Waals surface area contributed by atoms with E-state index in [0.29, 0.717) is 41.7 Å². The van der Waals surface area contributed by atoms with E-state index in [0.717, 1.165) is 45.1 Å². The zero-order valence-corrected chi connectivity index (χ0v) is 31.0. The van der Waals surface area contributed by atoms with E-state index < -0.39 is 35.6 Å². The molecule has 1 aliphatic carbocycles. The van der Waals surface area contributed by atoms with E-state index >= 15 is 0 Å². The highest BCUT2D eigenvalue weighted by Crippen LogP contribution is 2.38. The van der Waals surface area contributed by atoms with E-state index in [9.17, 15) is 24.3 Å². The van der Waals surface area contributed by atoms with Gasteiger partial charge in [0.25, 0.3) is 0 Å². The number of fused-ring (bicyclic) bond motifs is 1. The van der Waals surface area contributed by atoms with Crippen molar-refractivity contribution in [1.82, 2.24) is 25.4 Å². The minimum absolute atomic E-state index is 0.0506. The number of thiazole rings is 1. The molecule has 1 aromatic heterocycles. The third kappa shape index (κ3) is 8.48. The molecule has 6 atom stereocenters. The van der Waals surface area contributed by atoms with Gasteiger partial charge in [0.1, 0.15) is 22.5 Å². The molecule has 3 N–H and O–H groups in total. The van der Waals surface area contributed by atoms with Gasteiger partial charge in [-0.3, -0.25) is 19.3 Å². The predicted molar refractivity (Wildman–Crippen MR) is 190 cm³/mol. The number of carbonyl (C=O) groups excluding carboxylic acids is 3. The maximum absolute atomic E-state index is 15.0. The van der Waals surface area contributed by atoms with Crippen LogP contribution in [0.4, 0.5) is 4.79 Å². The van der Waals surface area contributed by atoms with Crippen LogP contribution in [0.15, 0.2) is 29.6 Å². The standard InChI is InChI=1S/C37H53N5O7S/c1-7-49-25-17-24-18-42(28(20-41(24)19-25)34-38-27(21-50-34)31(43)26-15-11-12-16-29(26)48-6)35(45)30(23-13-9-8-10-14-23)39-33(44)22(2)32(37(3,4)5)40-36(46)47/h11-12,15-16,21-25,28,30,32,40H,7-10,13-14,17-20H2,1-6H3,(H,39,44)(H,46,47)/t22-,24+,25+,28-,30-,32?/m0/s1. The van der Waals surface area contributed by atoms with Crippen LogP contribution in [0.25, 0.3) is 0 Å². The molecule has 1 aromatic carbocycles. The second-order valence-corrected chi connectivity index (χ2v) is 15.9. The molecule has 2 aromatic rings. The van der Waals surface area contributed by atoms with Crippen LogP contribution in [0, 0.1) is 17.3 Å². The van der Waals surface area contributed by atoms with Gasteiger partial charge in [-0.15, -0.1) is 11.3 Å². The number of benzene rings is 1. The van der Waals surface area contributed by atoms with Crippen molar-refractivity contribution in [3.8, 4) is 5.75 Å². The molecule has 3 fully saturated rings. The lowest BCUT2D eigenvalue weighted by Gasteiger charge is -2.45. The second kappa shape index (κ2) is 16.2. The first-order valence-corrected chi connectivity index (χ1v) is 18.8. The molecule has 3 aliphatic rings. The zero-order chi connectivity index (χ0) is 36.2. The number of piperazine rings is 1. The lowest BCUT2D eigenvalue weighted by Crippen LogP contribution is -2.61. The highest BCUT2D eigenvalue weighted by atomic mass is 32.1. The third-order valence-corrected chi connectivity index (χ3v) is 11.5. The SMILES string of the molecule is CCO[C@@H]1C[C@@H]2CN(C(=O)[C@@H](NC(=O)[C@@H](C)C(NC(=O)O)C(C)(C)C)C3CCCCC3)[C@H](c3nc(C(=O)c4ccccc4OC)cs3)CN2C1. The molecule has 3 heterocycles. The number of amides is 3. The van der Waals surface area contributed by atoms with Crippen LogP contribution in [0.2, 0.25) is 0 Å². The minimum Gasteiger partial charge on any atom is -0.496 e. The van der Waals surface area contributed by atoms with Crippen LogP contribution in [0.5, 0.6) is 5.75 Å². The summed E-state index contributed by atoms with van der Waals surface area (Å²) in [5.41, 5.74) is 0.176. The summed E-state index contributed by atoms with van der Waals surface area (Å²) in [5, 5.41) is 17.7. The first-order chi connectivity index (χ1) is 23.8. The number of carbonyl (C=O) groups is 4. The van der Waals surface area contributed by atoms with Crippen LogP contribution in [-0.4, -0.2) is 101 Å². The normalized spacial score (nSPS) is 23.4. The Balaban J connectivity index is 1.46. The number of para-hydroxylation sites is 1. The Labute approximate surface area is 299 Å². The predicted octanol–water partition coefficient (Wildman–Crippen LogP) is 5.13. The van der Waals surface area contributed by atoms with E-state index in [1.54, 1.807) is 30.5 Å². The number of nitrogens with zero attached hydrogens (tertiary/aromatic N) is 3. The first kappa shape index (κ1) is 37.7. The average molecular weight is 712 g/mol. The van der Waals surface area contributed by atoms with Crippen molar-refractivity contribution in [2.45, 2.75) is 103 Å². The summed E-state index contributed by atoms with van der Waals surface area (Å²) in [4.78, 5) is 63.3. The summed E-state index contributed by atoms with van der Waals surface area (Å²) < 4.78 is 11.5. The molecule has 1 unspecified atom stereocenters. The Morgan fingerprint density at radius 1 is 1.06 bits per heavy atom. The average Bonchev–Trinajstić information content (AvgIpc) is 3.75. The van der Waals surface area contributed by atoms with Crippen LogP contribution in [-0.2, 0) is 14.3 Å². The lowest BCUT2D eigenvalue weighted by molar-refractivity contribution is -0.145. The molecule has 0 spiro atoms. The van der Waals surface area contributed by atoms with Crippen LogP contribution >= 0.6 is 11.3 Å². The van der Waals surface area contributed by atoms with Gasteiger partial charge in [0.05, 0.1) is 30.7 Å². The van der Waals surface area contributed by atoms with Gasteiger partial charge in [-0.05, 0) is 49.7 Å². The summed E-state index contributed by atoms with van der Waals surface area (Å²) in [5.74, 6) is -1.07. The molecule has 3 amide bonds. The van der Waals surface area contributed by atoms with Gasteiger partial charge in [-0.2, -0.15) is 0 Å². The lowest BCUT2D eigenvalue weighted by atomic mass is 9.78. The molecule has 50 heavy (non-hydrogen) atoms. The van der Waals surface area contributed by atoms with Gasteiger partial charge >= 0.3 is 6.09 Å². The zero-order valence-electron chi connectivity index (χ0n) is 30.1. The highest BCUT2D eigenvalue weighted by Gasteiger charge is 2.47. The van der Waals surface area contributed by atoms with Gasteiger partial charge in [0.15, 0.2) is 0 Å². The first-order valence-electron chi connectivity index (χ1n) is 17.9. The number of hydrogen-bond acceptors (Lipinski definition) is 9. The minimum atomic E-state index is -1.20. The molecule has 1 saturated carbocycles. The maximum Gasteiger partial charge on any atom is 0.404 e. The Bertz CT molecular complexity index is 1520. The molecule has 0 radical (unpaired) electrons. The summed E-state index contributed by atoms with van der Waals surface area (Å²) in [6, 6.07) is 5.28. The molecular weight excluding hydrogens is 659 g/mol. The number of methoxy groups -OCH3 is 1. The monoisotopic (exact) mass is 711 g/mol. The third-order valence-electron chi connectivity index (χ3n) is 10.6. The number of ether oxygens (including phenoxy) is 2. The van der Waals surface area contributed by atoms with E-state index in [4.69, 9.17) is 14.5 Å². The molecule has 12 nitrogen and oxygen atoms in total. The molecule has 274 valence electrons. The second-order valence-electron chi connectivity index (χ2n) is 15.0. The highest BCUT2D eigenvalue weighted by molar-refractivity contribution is 7.10. The fourth-order valence-corrected chi connectivity index (χ4v) is 8.94. The molecule has 5 rings (SSSR count). The van der Waals surface area contributed by atoms with Gasteiger partial charge in [-0.25, -0.2) is 9.78 Å². The summed E-state index contributed by atoms with van der Waals surface area (Å²) in [7, 11) is 1.53. The van der Waals surface area contributed by atoms with Crippen molar-refractivity contribution < 1.29 is 33.8 Å².